The molecule has 5 rings (SSSR count). The van der Waals surface area contributed by atoms with Crippen molar-refractivity contribution in [2.75, 3.05) is 26.2 Å². The lowest BCUT2D eigenvalue weighted by molar-refractivity contribution is 0.0364. The fraction of sp³-hybridized carbons (Fsp3) is 0.259. The van der Waals surface area contributed by atoms with Gasteiger partial charge in [-0.1, -0.05) is 48.5 Å². The van der Waals surface area contributed by atoms with Crippen LogP contribution in [0.2, 0.25) is 0 Å². The van der Waals surface area contributed by atoms with Crippen molar-refractivity contribution in [1.82, 2.24) is 24.8 Å². The minimum Gasteiger partial charge on any atom is -0.337 e. The van der Waals surface area contributed by atoms with Crippen molar-refractivity contribution in [3.05, 3.63) is 84.1 Å². The van der Waals surface area contributed by atoms with Gasteiger partial charge in [-0.15, -0.1) is 0 Å². The molecule has 0 atom stereocenters. The number of imidazole rings is 1. The highest BCUT2D eigenvalue weighted by molar-refractivity contribution is 6.02. The van der Waals surface area contributed by atoms with Gasteiger partial charge in [0.25, 0.3) is 5.91 Å². The van der Waals surface area contributed by atoms with E-state index in [1.54, 1.807) is 6.07 Å². The molecule has 1 aliphatic heterocycles. The lowest BCUT2D eigenvalue weighted by atomic mass is 9.90. The summed E-state index contributed by atoms with van der Waals surface area (Å²) >= 11 is 0. The fourth-order valence-electron chi connectivity index (χ4n) is 4.48. The number of hydrogen-bond acceptors (Lipinski definition) is 5. The summed E-state index contributed by atoms with van der Waals surface area (Å²) in [6, 6.07) is 22.6. The number of carbonyl (C=O) groups is 2. The lowest BCUT2D eigenvalue weighted by Crippen LogP contribution is -2.58. The van der Waals surface area contributed by atoms with Crippen LogP contribution in [0.1, 0.15) is 34.7 Å². The van der Waals surface area contributed by atoms with Crippen LogP contribution in [0.15, 0.2) is 72.8 Å². The SMILES string of the molecule is CC(C)(C(=O)c1ccccc1)N1CCN(C(=O)c2cccc(-c3nc4ccccc4[nH]3)n2)CC1. The predicted molar refractivity (Wildman–Crippen MR) is 132 cm³/mol. The molecule has 7 heteroatoms. The Bertz CT molecular complexity index is 1300. The summed E-state index contributed by atoms with van der Waals surface area (Å²) in [5, 5.41) is 0. The van der Waals surface area contributed by atoms with Crippen molar-refractivity contribution in [3.8, 4) is 11.5 Å². The second-order valence-electron chi connectivity index (χ2n) is 9.04. The first-order valence-electron chi connectivity index (χ1n) is 11.5. The molecule has 0 spiro atoms. The molecule has 1 amide bonds. The highest BCUT2D eigenvalue weighted by atomic mass is 16.2. The topological polar surface area (TPSA) is 82.2 Å². The van der Waals surface area contributed by atoms with Gasteiger partial charge in [-0.2, -0.15) is 0 Å². The van der Waals surface area contributed by atoms with Gasteiger partial charge in [-0.25, -0.2) is 9.97 Å². The number of fused-ring (bicyclic) bond motifs is 1. The van der Waals surface area contributed by atoms with Crippen LogP contribution in [0.3, 0.4) is 0 Å². The van der Waals surface area contributed by atoms with E-state index in [4.69, 9.17) is 0 Å². The van der Waals surface area contributed by atoms with Crippen molar-refractivity contribution in [2.24, 2.45) is 0 Å². The van der Waals surface area contributed by atoms with E-state index in [0.717, 1.165) is 11.0 Å². The van der Waals surface area contributed by atoms with Gasteiger partial charge in [0.2, 0.25) is 0 Å². The summed E-state index contributed by atoms with van der Waals surface area (Å²) < 4.78 is 0. The van der Waals surface area contributed by atoms with E-state index in [9.17, 15) is 9.59 Å². The Labute approximate surface area is 198 Å². The number of H-pyrrole nitrogens is 1. The minimum absolute atomic E-state index is 0.0908. The zero-order chi connectivity index (χ0) is 23.7. The number of nitrogens with zero attached hydrogens (tertiary/aromatic N) is 4. The van der Waals surface area contributed by atoms with Crippen LogP contribution in [-0.4, -0.2) is 68.2 Å². The van der Waals surface area contributed by atoms with Crippen molar-refractivity contribution < 1.29 is 9.59 Å². The molecule has 3 heterocycles. The van der Waals surface area contributed by atoms with Gasteiger partial charge >= 0.3 is 0 Å². The molecule has 0 unspecified atom stereocenters. The summed E-state index contributed by atoms with van der Waals surface area (Å²) in [5.74, 6) is 0.625. The highest BCUT2D eigenvalue weighted by Gasteiger charge is 2.37. The number of carbonyl (C=O) groups excluding carboxylic acids is 2. The maximum atomic E-state index is 13.2. The summed E-state index contributed by atoms with van der Waals surface area (Å²) in [6.45, 7) is 6.25. The summed E-state index contributed by atoms with van der Waals surface area (Å²) in [7, 11) is 0. The third-order valence-electron chi connectivity index (χ3n) is 6.55. The number of amides is 1. The molecular weight excluding hydrogens is 426 g/mol. The first-order valence-corrected chi connectivity index (χ1v) is 11.5. The first kappa shape index (κ1) is 22.0. The van der Waals surface area contributed by atoms with Gasteiger partial charge in [0.1, 0.15) is 11.4 Å². The number of benzene rings is 2. The number of rotatable bonds is 5. The van der Waals surface area contributed by atoms with Crippen LogP contribution in [0, 0.1) is 0 Å². The Morgan fingerprint density at radius 1 is 0.824 bits per heavy atom. The second-order valence-corrected chi connectivity index (χ2v) is 9.04. The molecule has 0 radical (unpaired) electrons. The maximum absolute atomic E-state index is 13.2. The number of pyridine rings is 1. The number of aromatic nitrogens is 3. The minimum atomic E-state index is -0.643. The molecule has 1 aliphatic rings. The molecule has 0 aliphatic carbocycles. The van der Waals surface area contributed by atoms with Crippen LogP contribution < -0.4 is 0 Å². The summed E-state index contributed by atoms with van der Waals surface area (Å²) in [6.07, 6.45) is 0. The molecule has 1 N–H and O–H groups in total. The number of aromatic amines is 1. The molecule has 34 heavy (non-hydrogen) atoms. The van der Waals surface area contributed by atoms with E-state index in [1.165, 1.54) is 0 Å². The highest BCUT2D eigenvalue weighted by Crippen LogP contribution is 2.23. The first-order chi connectivity index (χ1) is 16.4. The quantitative estimate of drug-likeness (QED) is 0.461. The third kappa shape index (κ3) is 4.10. The summed E-state index contributed by atoms with van der Waals surface area (Å²) in [4.78, 5) is 42.7. The van der Waals surface area contributed by atoms with Gasteiger partial charge in [0.05, 0.1) is 16.6 Å². The molecular formula is C27H27N5O2. The molecule has 4 aromatic rings. The van der Waals surface area contributed by atoms with Gasteiger partial charge in [0, 0.05) is 31.7 Å². The van der Waals surface area contributed by atoms with Gasteiger partial charge in [-0.05, 0) is 38.1 Å². The van der Waals surface area contributed by atoms with Crippen LogP contribution in [0.4, 0.5) is 0 Å². The van der Waals surface area contributed by atoms with Crippen LogP contribution in [-0.2, 0) is 0 Å². The summed E-state index contributed by atoms with van der Waals surface area (Å²) in [5.41, 5.74) is 2.88. The predicted octanol–water partition coefficient (Wildman–Crippen LogP) is 4.04. The Balaban J connectivity index is 1.28. The van der Waals surface area contributed by atoms with Gasteiger partial charge < -0.3 is 9.88 Å². The Morgan fingerprint density at radius 2 is 1.53 bits per heavy atom. The zero-order valence-electron chi connectivity index (χ0n) is 19.4. The maximum Gasteiger partial charge on any atom is 0.272 e. The van der Waals surface area contributed by atoms with Crippen LogP contribution in [0.25, 0.3) is 22.6 Å². The Morgan fingerprint density at radius 3 is 2.26 bits per heavy atom. The zero-order valence-corrected chi connectivity index (χ0v) is 19.4. The normalized spacial score (nSPS) is 14.9. The molecule has 1 saturated heterocycles. The van der Waals surface area contributed by atoms with Crippen molar-refractivity contribution in [1.29, 1.82) is 0 Å². The average Bonchev–Trinajstić information content (AvgIpc) is 3.33. The number of piperazine rings is 1. The Hall–Kier alpha value is -3.84. The molecule has 172 valence electrons. The molecule has 1 fully saturated rings. The third-order valence-corrected chi connectivity index (χ3v) is 6.55. The molecule has 0 bridgehead atoms. The number of nitrogens with one attached hydrogen (secondary N) is 1. The van der Waals surface area contributed by atoms with E-state index in [0.29, 0.717) is 49.0 Å². The Kier molecular flexibility index (Phi) is 5.71. The van der Waals surface area contributed by atoms with Crippen molar-refractivity contribution in [3.63, 3.8) is 0 Å². The smallest absolute Gasteiger partial charge is 0.272 e. The van der Waals surface area contributed by atoms with E-state index >= 15 is 0 Å². The average molecular weight is 454 g/mol. The van der Waals surface area contributed by atoms with E-state index in [-0.39, 0.29) is 11.7 Å². The molecule has 2 aromatic heterocycles. The number of hydrogen-bond donors (Lipinski definition) is 1. The molecule has 2 aromatic carbocycles. The monoisotopic (exact) mass is 453 g/mol. The lowest BCUT2D eigenvalue weighted by Gasteiger charge is -2.43. The van der Waals surface area contributed by atoms with Crippen molar-refractivity contribution in [2.45, 2.75) is 19.4 Å². The molecule has 7 nitrogen and oxygen atoms in total. The standard InChI is InChI=1S/C27H27N5O2/c1-27(2,24(33)19-9-4-3-5-10-19)32-17-15-31(16-18-32)26(34)23-14-8-13-22(28-23)25-29-20-11-6-7-12-21(20)30-25/h3-14H,15-18H2,1-2H3,(H,29,30). The van der Waals surface area contributed by atoms with Gasteiger partial charge in [-0.3, -0.25) is 14.5 Å². The largest absolute Gasteiger partial charge is 0.337 e. The van der Waals surface area contributed by atoms with E-state index in [2.05, 4.69) is 19.9 Å². The van der Waals surface area contributed by atoms with Crippen molar-refractivity contribution >= 4 is 22.7 Å². The van der Waals surface area contributed by atoms with E-state index < -0.39 is 5.54 Å². The van der Waals surface area contributed by atoms with Crippen LogP contribution >= 0.6 is 0 Å². The van der Waals surface area contributed by atoms with E-state index in [1.807, 2.05) is 85.5 Å². The fourth-order valence-corrected chi connectivity index (χ4v) is 4.48. The number of para-hydroxylation sites is 2. The van der Waals surface area contributed by atoms with Crippen LogP contribution in [0.5, 0.6) is 0 Å². The number of ketones is 1. The van der Waals surface area contributed by atoms with Gasteiger partial charge in [0.15, 0.2) is 11.6 Å². The number of Topliss-reactive ketones (excluding diaryl/α,β-unsaturated/α-hetero) is 1. The molecule has 0 saturated carbocycles. The second kappa shape index (κ2) is 8.83.